The number of likely N-dealkylation sites (tertiary alicyclic amines) is 1. The lowest BCUT2D eigenvalue weighted by Gasteiger charge is -2.23. The summed E-state index contributed by atoms with van der Waals surface area (Å²) in [5, 5.41) is 9.38. The highest BCUT2D eigenvalue weighted by Crippen LogP contribution is 2.27. The Labute approximate surface area is 166 Å². The number of carboxylic acids is 1. The van der Waals surface area contributed by atoms with E-state index in [1.807, 2.05) is 0 Å². The van der Waals surface area contributed by atoms with Crippen molar-refractivity contribution in [1.82, 2.24) is 4.90 Å². The fourth-order valence-electron chi connectivity index (χ4n) is 2.81. The van der Waals surface area contributed by atoms with E-state index in [9.17, 15) is 28.3 Å². The second-order valence-corrected chi connectivity index (χ2v) is 7.04. The molecule has 10 heteroatoms. The first-order chi connectivity index (χ1) is 13.6. The minimum atomic E-state index is -1.24. The summed E-state index contributed by atoms with van der Waals surface area (Å²) in [5.41, 5.74) is 0. The number of carbonyl (C=O) groups excluding carboxylic acids is 2. The molecule has 0 bridgehead atoms. The van der Waals surface area contributed by atoms with Crippen molar-refractivity contribution in [3.05, 3.63) is 29.8 Å². The Morgan fingerprint density at radius 2 is 1.90 bits per heavy atom. The summed E-state index contributed by atoms with van der Waals surface area (Å²) in [4.78, 5) is 36.4. The number of rotatable bonds is 7. The van der Waals surface area contributed by atoms with Gasteiger partial charge >= 0.3 is 18.0 Å². The van der Waals surface area contributed by atoms with Gasteiger partial charge in [-0.25, -0.2) is 18.4 Å². The minimum Gasteiger partial charge on any atom is -0.490 e. The predicted octanol–water partition coefficient (Wildman–Crippen LogP) is 2.80. The van der Waals surface area contributed by atoms with E-state index in [0.717, 1.165) is 23.1 Å². The van der Waals surface area contributed by atoms with Crippen molar-refractivity contribution < 1.29 is 42.5 Å². The first-order valence-corrected chi connectivity index (χ1v) is 9.06. The van der Waals surface area contributed by atoms with E-state index in [0.29, 0.717) is 0 Å². The van der Waals surface area contributed by atoms with Crippen LogP contribution in [0.5, 0.6) is 5.75 Å². The highest BCUT2D eigenvalue weighted by molar-refractivity contribution is 5.81. The van der Waals surface area contributed by atoms with Gasteiger partial charge in [-0.15, -0.1) is 0 Å². The Kier molecular flexibility index (Phi) is 7.35. The van der Waals surface area contributed by atoms with Crippen LogP contribution in [0.3, 0.4) is 0 Å². The van der Waals surface area contributed by atoms with Crippen LogP contribution < -0.4 is 4.74 Å². The van der Waals surface area contributed by atoms with E-state index >= 15 is 0 Å². The number of carbonyl (C=O) groups is 3. The molecular formula is C19H23F2NO7. The number of hydrogen-bond acceptors (Lipinski definition) is 6. The summed E-state index contributed by atoms with van der Waals surface area (Å²) in [6, 6.07) is 1.57. The summed E-state index contributed by atoms with van der Waals surface area (Å²) in [6.45, 7) is 4.43. The Hall–Kier alpha value is -2.91. The van der Waals surface area contributed by atoms with Crippen molar-refractivity contribution in [2.75, 3.05) is 13.2 Å². The Bertz CT molecular complexity index is 771. The van der Waals surface area contributed by atoms with E-state index < -0.39 is 53.8 Å². The number of carboxylic acid groups (broad SMARTS) is 1. The van der Waals surface area contributed by atoms with Crippen molar-refractivity contribution in [2.24, 2.45) is 11.8 Å². The zero-order chi connectivity index (χ0) is 21.7. The van der Waals surface area contributed by atoms with Gasteiger partial charge in [0.05, 0.1) is 12.5 Å². The number of aliphatic carboxylic acids is 1. The SMILES string of the molecule is CC(C)C(=O)O[C@@H](C)OC(=O)N1C[C@@H](COc2cc(F)ccc2F)C[C@H]1C(=O)O. The van der Waals surface area contributed by atoms with Gasteiger partial charge < -0.3 is 19.3 Å². The first-order valence-electron chi connectivity index (χ1n) is 9.06. The minimum absolute atomic E-state index is 0.0302. The van der Waals surface area contributed by atoms with Gasteiger partial charge in [-0.05, 0) is 18.6 Å². The van der Waals surface area contributed by atoms with Crippen LogP contribution in [0.25, 0.3) is 0 Å². The summed E-state index contributed by atoms with van der Waals surface area (Å²) in [7, 11) is 0. The summed E-state index contributed by atoms with van der Waals surface area (Å²) in [6.07, 6.45) is -2.11. The smallest absolute Gasteiger partial charge is 0.413 e. The van der Waals surface area contributed by atoms with Gasteiger partial charge in [0.1, 0.15) is 11.9 Å². The van der Waals surface area contributed by atoms with Crippen molar-refractivity contribution in [3.8, 4) is 5.75 Å². The second kappa shape index (κ2) is 9.53. The maximum absolute atomic E-state index is 13.6. The molecule has 160 valence electrons. The van der Waals surface area contributed by atoms with Gasteiger partial charge in [0.25, 0.3) is 0 Å². The number of hydrogen-bond donors (Lipinski definition) is 1. The van der Waals surface area contributed by atoms with E-state index in [-0.39, 0.29) is 25.3 Å². The van der Waals surface area contributed by atoms with Crippen LogP contribution in [-0.4, -0.2) is 53.5 Å². The predicted molar refractivity (Wildman–Crippen MR) is 95.0 cm³/mol. The topological polar surface area (TPSA) is 102 Å². The molecule has 1 aliphatic heterocycles. The standard InChI is InChI=1S/C19H23F2NO7/c1-10(2)18(25)28-11(3)29-19(26)22-8-12(6-15(22)17(23)24)9-27-16-7-13(20)4-5-14(16)21/h4-5,7,10-12,15H,6,8-9H2,1-3H3,(H,23,24)/t11-,12+,15+/m1/s1. The quantitative estimate of drug-likeness (QED) is 0.540. The van der Waals surface area contributed by atoms with Gasteiger partial charge in [-0.2, -0.15) is 0 Å². The molecule has 1 N–H and O–H groups in total. The first kappa shape index (κ1) is 22.4. The molecule has 3 atom stereocenters. The lowest BCUT2D eigenvalue weighted by molar-refractivity contribution is -0.170. The average molecular weight is 415 g/mol. The van der Waals surface area contributed by atoms with Gasteiger partial charge in [-0.1, -0.05) is 13.8 Å². The molecule has 29 heavy (non-hydrogen) atoms. The molecule has 1 aliphatic rings. The molecule has 2 rings (SSSR count). The Morgan fingerprint density at radius 3 is 2.52 bits per heavy atom. The molecule has 0 aliphatic carbocycles. The van der Waals surface area contributed by atoms with Gasteiger partial charge in [-0.3, -0.25) is 9.69 Å². The number of halogens is 2. The fourth-order valence-corrected chi connectivity index (χ4v) is 2.81. The van der Waals surface area contributed by atoms with Crippen LogP contribution in [0.15, 0.2) is 18.2 Å². The molecule has 0 saturated carbocycles. The van der Waals surface area contributed by atoms with Crippen LogP contribution >= 0.6 is 0 Å². The molecule has 1 aromatic rings. The maximum atomic E-state index is 13.6. The third-order valence-corrected chi connectivity index (χ3v) is 4.30. The molecule has 1 saturated heterocycles. The Morgan fingerprint density at radius 1 is 1.21 bits per heavy atom. The summed E-state index contributed by atoms with van der Waals surface area (Å²) >= 11 is 0. The van der Waals surface area contributed by atoms with Gasteiger partial charge in [0.15, 0.2) is 11.6 Å². The number of esters is 1. The van der Waals surface area contributed by atoms with Crippen LogP contribution in [0, 0.1) is 23.5 Å². The molecule has 1 heterocycles. The van der Waals surface area contributed by atoms with Crippen molar-refractivity contribution in [3.63, 3.8) is 0 Å². The van der Waals surface area contributed by atoms with E-state index in [1.54, 1.807) is 13.8 Å². The van der Waals surface area contributed by atoms with Crippen LogP contribution in [-0.2, 0) is 19.1 Å². The van der Waals surface area contributed by atoms with Crippen LogP contribution in [0.4, 0.5) is 13.6 Å². The number of amides is 1. The zero-order valence-corrected chi connectivity index (χ0v) is 16.3. The number of ether oxygens (including phenoxy) is 3. The van der Waals surface area contributed by atoms with E-state index in [4.69, 9.17) is 14.2 Å². The van der Waals surface area contributed by atoms with E-state index in [2.05, 4.69) is 0 Å². The third-order valence-electron chi connectivity index (χ3n) is 4.30. The van der Waals surface area contributed by atoms with E-state index in [1.165, 1.54) is 6.92 Å². The molecule has 0 spiro atoms. The number of nitrogens with zero attached hydrogens (tertiary/aromatic N) is 1. The average Bonchev–Trinajstić information content (AvgIpc) is 3.07. The zero-order valence-electron chi connectivity index (χ0n) is 16.3. The maximum Gasteiger partial charge on any atom is 0.413 e. The molecule has 0 radical (unpaired) electrons. The lowest BCUT2D eigenvalue weighted by Crippen LogP contribution is -2.42. The number of benzene rings is 1. The van der Waals surface area contributed by atoms with Gasteiger partial charge in [0.2, 0.25) is 6.29 Å². The molecular weight excluding hydrogens is 392 g/mol. The second-order valence-electron chi connectivity index (χ2n) is 7.04. The molecule has 0 unspecified atom stereocenters. The molecule has 1 fully saturated rings. The van der Waals surface area contributed by atoms with Crippen molar-refractivity contribution in [1.29, 1.82) is 0 Å². The molecule has 1 aromatic carbocycles. The highest BCUT2D eigenvalue weighted by atomic mass is 19.1. The van der Waals surface area contributed by atoms with Crippen molar-refractivity contribution >= 4 is 18.0 Å². The van der Waals surface area contributed by atoms with Gasteiger partial charge in [0, 0.05) is 25.5 Å². The third kappa shape index (κ3) is 6.03. The lowest BCUT2D eigenvalue weighted by atomic mass is 10.1. The largest absolute Gasteiger partial charge is 0.490 e. The van der Waals surface area contributed by atoms with Crippen molar-refractivity contribution in [2.45, 2.75) is 39.5 Å². The monoisotopic (exact) mass is 415 g/mol. The fraction of sp³-hybridized carbons (Fsp3) is 0.526. The van der Waals surface area contributed by atoms with Crippen LogP contribution in [0.2, 0.25) is 0 Å². The Balaban J connectivity index is 1.97. The molecule has 1 amide bonds. The normalized spacial score (nSPS) is 19.7. The van der Waals surface area contributed by atoms with Crippen LogP contribution in [0.1, 0.15) is 27.2 Å². The summed E-state index contributed by atoms with van der Waals surface area (Å²) < 4.78 is 42.1. The molecule has 8 nitrogen and oxygen atoms in total. The summed E-state index contributed by atoms with van der Waals surface area (Å²) in [5.74, 6) is -4.40. The highest BCUT2D eigenvalue weighted by Gasteiger charge is 2.41. The molecule has 0 aromatic heterocycles.